The van der Waals surface area contributed by atoms with Gasteiger partial charge in [0.15, 0.2) is 6.04 Å². The average Bonchev–Trinajstić information content (AvgIpc) is 2.86. The van der Waals surface area contributed by atoms with Crippen molar-refractivity contribution < 1.29 is 23.2 Å². The maximum atomic E-state index is 12.3. The van der Waals surface area contributed by atoms with Gasteiger partial charge in [0.2, 0.25) is 0 Å². The van der Waals surface area contributed by atoms with Crippen LogP contribution in [0.4, 0.5) is 4.79 Å². The lowest BCUT2D eigenvalue weighted by Gasteiger charge is -2.25. The van der Waals surface area contributed by atoms with Crippen molar-refractivity contribution in [1.29, 1.82) is 0 Å². The number of amides is 1. The van der Waals surface area contributed by atoms with Gasteiger partial charge in [-0.2, -0.15) is 0 Å². The molecule has 0 saturated carbocycles. The van der Waals surface area contributed by atoms with E-state index < -0.39 is 29.8 Å². The van der Waals surface area contributed by atoms with Gasteiger partial charge < -0.3 is 9.47 Å². The third-order valence-corrected chi connectivity index (χ3v) is 3.94. The highest BCUT2D eigenvalue weighted by molar-refractivity contribution is 7.93. The van der Waals surface area contributed by atoms with Gasteiger partial charge in [0.25, 0.3) is 0 Å². The van der Waals surface area contributed by atoms with E-state index in [0.717, 1.165) is 17.8 Å². The van der Waals surface area contributed by atoms with Crippen molar-refractivity contribution >= 4 is 24.3 Å². The molecule has 0 radical (unpaired) electrons. The Morgan fingerprint density at radius 1 is 1.26 bits per heavy atom. The van der Waals surface area contributed by atoms with Gasteiger partial charge >= 0.3 is 12.1 Å². The Kier molecular flexibility index (Phi) is 5.54. The summed E-state index contributed by atoms with van der Waals surface area (Å²) < 4.78 is 17.1. The Hall–Kier alpha value is -1.73. The number of benzene rings is 1. The summed E-state index contributed by atoms with van der Waals surface area (Å²) >= 11 is 0.815. The van der Waals surface area contributed by atoms with E-state index in [1.807, 2.05) is 30.3 Å². The lowest BCUT2D eigenvalue weighted by molar-refractivity contribution is -0.150. The first kappa shape index (κ1) is 17.6. The van der Waals surface area contributed by atoms with Crippen LogP contribution < -0.4 is 0 Å². The van der Waals surface area contributed by atoms with Crippen LogP contribution in [0, 0.1) is 0 Å². The van der Waals surface area contributed by atoms with Gasteiger partial charge in [-0.15, -0.1) is 0 Å². The van der Waals surface area contributed by atoms with Gasteiger partial charge in [-0.3, -0.25) is 4.18 Å². The first-order valence-corrected chi connectivity index (χ1v) is 8.04. The Balaban J connectivity index is 1.99. The fourth-order valence-electron chi connectivity index (χ4n) is 1.96. The zero-order chi connectivity index (χ0) is 17.0. The molecule has 1 aliphatic heterocycles. The van der Waals surface area contributed by atoms with Crippen molar-refractivity contribution in [3.05, 3.63) is 35.9 Å². The molecule has 1 saturated heterocycles. The predicted octanol–water partition coefficient (Wildman–Crippen LogP) is 3.32. The van der Waals surface area contributed by atoms with Gasteiger partial charge in [0, 0.05) is 0 Å². The number of carbonyl (C=O) groups is 2. The number of ether oxygens (including phenoxy) is 2. The number of carbonyl (C=O) groups excluding carboxylic acids is 2. The lowest BCUT2D eigenvalue weighted by atomic mass is 10.2. The summed E-state index contributed by atoms with van der Waals surface area (Å²) in [5, 5.41) is 0. The van der Waals surface area contributed by atoms with Gasteiger partial charge in [-0.1, -0.05) is 30.3 Å². The van der Waals surface area contributed by atoms with E-state index in [2.05, 4.69) is 0 Å². The van der Waals surface area contributed by atoms with Crippen LogP contribution in [-0.4, -0.2) is 34.1 Å². The zero-order valence-corrected chi connectivity index (χ0v) is 14.5. The van der Waals surface area contributed by atoms with E-state index in [9.17, 15) is 9.59 Å². The normalized spacial score (nSPS) is 21.1. The second-order valence-corrected chi connectivity index (χ2v) is 6.96. The molecular formula is C16H21NO5S. The highest BCUT2D eigenvalue weighted by atomic mass is 32.2. The molecule has 7 heteroatoms. The van der Waals surface area contributed by atoms with Gasteiger partial charge in [-0.25, -0.2) is 13.9 Å². The number of nitrogens with zero attached hydrogens (tertiary/aromatic N) is 1. The van der Waals surface area contributed by atoms with Crippen molar-refractivity contribution in [3.8, 4) is 0 Å². The van der Waals surface area contributed by atoms with Crippen LogP contribution in [0.25, 0.3) is 0 Å². The van der Waals surface area contributed by atoms with Crippen molar-refractivity contribution in [2.45, 2.75) is 52.0 Å². The van der Waals surface area contributed by atoms with Gasteiger partial charge in [0.1, 0.15) is 30.5 Å². The topological polar surface area (TPSA) is 65.1 Å². The van der Waals surface area contributed by atoms with E-state index in [-0.39, 0.29) is 6.61 Å². The molecule has 6 nitrogen and oxygen atoms in total. The number of esters is 1. The van der Waals surface area contributed by atoms with Crippen LogP contribution in [0.15, 0.2) is 30.3 Å². The molecule has 1 amide bonds. The molecule has 0 unspecified atom stereocenters. The molecule has 23 heavy (non-hydrogen) atoms. The van der Waals surface area contributed by atoms with E-state index in [0.29, 0.717) is 0 Å². The van der Waals surface area contributed by atoms with Crippen LogP contribution in [0.2, 0.25) is 0 Å². The first-order chi connectivity index (χ1) is 10.8. The minimum absolute atomic E-state index is 0.149. The van der Waals surface area contributed by atoms with Crippen molar-refractivity contribution in [2.24, 2.45) is 0 Å². The Morgan fingerprint density at radius 2 is 1.91 bits per heavy atom. The quantitative estimate of drug-likeness (QED) is 0.478. The summed E-state index contributed by atoms with van der Waals surface area (Å²) in [7, 11) is 0. The van der Waals surface area contributed by atoms with Gasteiger partial charge in [-0.05, 0) is 33.3 Å². The summed E-state index contributed by atoms with van der Waals surface area (Å²) in [4.78, 5) is 24.5. The summed E-state index contributed by atoms with van der Waals surface area (Å²) in [6.45, 7) is 7.15. The minimum atomic E-state index is -0.835. The average molecular weight is 339 g/mol. The maximum absolute atomic E-state index is 12.3. The first-order valence-electron chi connectivity index (χ1n) is 7.34. The van der Waals surface area contributed by atoms with Gasteiger partial charge in [0.05, 0.1) is 0 Å². The summed E-state index contributed by atoms with van der Waals surface area (Å²) in [6.07, 6.45) is -1.09. The summed E-state index contributed by atoms with van der Waals surface area (Å²) in [6, 6.07) is 8.52. The molecule has 2 atom stereocenters. The van der Waals surface area contributed by atoms with Crippen molar-refractivity contribution in [3.63, 3.8) is 0 Å². The third kappa shape index (κ3) is 4.87. The van der Waals surface area contributed by atoms with Crippen LogP contribution in [0.1, 0.15) is 33.3 Å². The molecule has 1 fully saturated rings. The van der Waals surface area contributed by atoms with Crippen LogP contribution >= 0.6 is 12.2 Å². The molecule has 0 N–H and O–H groups in total. The maximum Gasteiger partial charge on any atom is 0.423 e. The standard InChI is InChI=1S/C16H21NO5S/c1-11-13(14(18)20-10-12-8-6-5-7-9-12)17(23-22-11)15(19)21-16(2,3)4/h5-9,11,13H,10H2,1-4H3/t11-,13+/m1/s1. The number of rotatable bonds is 3. The second-order valence-electron chi connectivity index (χ2n) is 6.22. The van der Waals surface area contributed by atoms with E-state index in [1.54, 1.807) is 27.7 Å². The van der Waals surface area contributed by atoms with E-state index >= 15 is 0 Å². The monoisotopic (exact) mass is 339 g/mol. The largest absolute Gasteiger partial charge is 0.459 e. The molecule has 1 aromatic rings. The van der Waals surface area contributed by atoms with Crippen molar-refractivity contribution in [1.82, 2.24) is 4.31 Å². The smallest absolute Gasteiger partial charge is 0.423 e. The van der Waals surface area contributed by atoms with Crippen LogP contribution in [-0.2, 0) is 25.1 Å². The minimum Gasteiger partial charge on any atom is -0.459 e. The molecule has 0 aromatic heterocycles. The highest BCUT2D eigenvalue weighted by Crippen LogP contribution is 2.32. The summed E-state index contributed by atoms with van der Waals surface area (Å²) in [5.74, 6) is -0.516. The third-order valence-electron chi connectivity index (χ3n) is 3.01. The molecule has 1 aromatic carbocycles. The fourth-order valence-corrected chi connectivity index (χ4v) is 2.74. The van der Waals surface area contributed by atoms with E-state index in [1.165, 1.54) is 4.31 Å². The molecule has 1 aliphatic rings. The number of hydrogen-bond donors (Lipinski definition) is 0. The number of hydrogen-bond acceptors (Lipinski definition) is 6. The molecule has 0 bridgehead atoms. The Bertz CT molecular complexity index is 557. The lowest BCUT2D eigenvalue weighted by Crippen LogP contribution is -2.45. The van der Waals surface area contributed by atoms with Crippen LogP contribution in [0.5, 0.6) is 0 Å². The Morgan fingerprint density at radius 3 is 2.52 bits per heavy atom. The highest BCUT2D eigenvalue weighted by Gasteiger charge is 2.45. The predicted molar refractivity (Wildman–Crippen MR) is 86.2 cm³/mol. The van der Waals surface area contributed by atoms with Crippen molar-refractivity contribution in [2.75, 3.05) is 0 Å². The molecule has 1 heterocycles. The molecule has 2 rings (SSSR count). The molecular weight excluding hydrogens is 318 g/mol. The molecule has 0 spiro atoms. The molecule has 0 aliphatic carbocycles. The fraction of sp³-hybridized carbons (Fsp3) is 0.500. The SMILES string of the molecule is C[C@H]1OSN(C(=O)OC(C)(C)C)[C@@H]1C(=O)OCc1ccccc1. The van der Waals surface area contributed by atoms with Crippen LogP contribution in [0.3, 0.4) is 0 Å². The Labute approximate surface area is 140 Å². The summed E-state index contributed by atoms with van der Waals surface area (Å²) in [5.41, 5.74) is 0.228. The zero-order valence-electron chi connectivity index (χ0n) is 13.6. The second kappa shape index (κ2) is 7.23. The molecule has 126 valence electrons. The van der Waals surface area contributed by atoms with E-state index in [4.69, 9.17) is 13.7 Å².